The Labute approximate surface area is 173 Å². The number of amides is 2. The van der Waals surface area contributed by atoms with Crippen LogP contribution in [0.1, 0.15) is 30.1 Å². The molecule has 2 amide bonds. The van der Waals surface area contributed by atoms with Crippen LogP contribution in [0.4, 0.5) is 0 Å². The van der Waals surface area contributed by atoms with Crippen molar-refractivity contribution < 1.29 is 38.3 Å². The van der Waals surface area contributed by atoms with E-state index in [-0.39, 0.29) is 19.4 Å². The summed E-state index contributed by atoms with van der Waals surface area (Å²) >= 11 is 3.25. The highest BCUT2D eigenvalue weighted by atomic mass is 79.9. The number of benzene rings is 1. The molecule has 154 valence electrons. The fourth-order valence-electron chi connectivity index (χ4n) is 2.95. The van der Waals surface area contributed by atoms with Crippen LogP contribution in [0.2, 0.25) is 0 Å². The average Bonchev–Trinajstić information content (AvgIpc) is 3.24. The lowest BCUT2D eigenvalue weighted by Crippen LogP contribution is -2.57. The van der Waals surface area contributed by atoms with Crippen molar-refractivity contribution in [1.29, 1.82) is 0 Å². The maximum Gasteiger partial charge on any atom is 0.375 e. The minimum Gasteiger partial charge on any atom is -0.453 e. The molecule has 0 bridgehead atoms. The van der Waals surface area contributed by atoms with Gasteiger partial charge in [0.25, 0.3) is 5.91 Å². The van der Waals surface area contributed by atoms with Gasteiger partial charge in [0.15, 0.2) is 12.4 Å². The lowest BCUT2D eigenvalue weighted by Gasteiger charge is -2.32. The van der Waals surface area contributed by atoms with Crippen LogP contribution in [0, 0.1) is 0 Å². The molecule has 1 N–H and O–H groups in total. The van der Waals surface area contributed by atoms with Crippen LogP contribution in [0.5, 0.6) is 0 Å². The normalized spacial score (nSPS) is 23.7. The number of carbonyl (C=O) groups excluding carboxylic acids is 5. The number of carbonyl (C=O) groups is 5. The zero-order chi connectivity index (χ0) is 21.2. The Hall–Kier alpha value is -2.79. The van der Waals surface area contributed by atoms with Gasteiger partial charge in [-0.2, -0.15) is 5.06 Å². The van der Waals surface area contributed by atoms with Crippen molar-refractivity contribution in [2.24, 2.45) is 0 Å². The van der Waals surface area contributed by atoms with Crippen molar-refractivity contribution in [3.8, 4) is 0 Å². The fraction of sp³-hybridized carbons (Fsp3) is 0.389. The van der Waals surface area contributed by atoms with E-state index in [1.54, 1.807) is 24.3 Å². The molecule has 2 saturated heterocycles. The van der Waals surface area contributed by atoms with E-state index in [9.17, 15) is 24.0 Å². The van der Waals surface area contributed by atoms with E-state index in [4.69, 9.17) is 14.3 Å². The summed E-state index contributed by atoms with van der Waals surface area (Å²) in [6.07, 6.45) is -0.344. The number of nitrogens with zero attached hydrogens (tertiary/aromatic N) is 1. The standard InChI is InChI=1S/C18H17BrN2O8/c1-10(22)20-13-8-28-21(16(13)25)18(7-6-15(24)29-18)17(26)27-9-14(23)11-2-4-12(19)5-3-11/h2-5,13H,6-9H2,1H3,(H,20,22)/t13-,18?/m0/s1. The highest BCUT2D eigenvalue weighted by molar-refractivity contribution is 9.10. The van der Waals surface area contributed by atoms with Gasteiger partial charge in [0.2, 0.25) is 5.91 Å². The van der Waals surface area contributed by atoms with E-state index in [0.29, 0.717) is 10.6 Å². The van der Waals surface area contributed by atoms with Crippen molar-refractivity contribution >= 4 is 45.5 Å². The predicted octanol–water partition coefficient (Wildman–Crippen LogP) is 0.487. The number of hydrogen-bond acceptors (Lipinski definition) is 8. The molecule has 10 nitrogen and oxygen atoms in total. The predicted molar refractivity (Wildman–Crippen MR) is 97.9 cm³/mol. The van der Waals surface area contributed by atoms with Gasteiger partial charge in [0, 0.05) is 23.4 Å². The molecular weight excluding hydrogens is 452 g/mol. The Kier molecular flexibility index (Phi) is 5.99. The third-order valence-corrected chi connectivity index (χ3v) is 4.87. The van der Waals surface area contributed by atoms with Gasteiger partial charge < -0.3 is 14.8 Å². The van der Waals surface area contributed by atoms with Gasteiger partial charge >= 0.3 is 17.7 Å². The van der Waals surface area contributed by atoms with E-state index in [1.165, 1.54) is 6.92 Å². The summed E-state index contributed by atoms with van der Waals surface area (Å²) in [5.41, 5.74) is -1.82. The minimum absolute atomic E-state index is 0.145. The summed E-state index contributed by atoms with van der Waals surface area (Å²) in [6.45, 7) is 0.378. The van der Waals surface area contributed by atoms with Gasteiger partial charge in [-0.3, -0.25) is 24.0 Å². The van der Waals surface area contributed by atoms with Crippen molar-refractivity contribution in [2.75, 3.05) is 13.2 Å². The number of rotatable bonds is 6. The Morgan fingerprint density at radius 1 is 1.28 bits per heavy atom. The zero-order valence-corrected chi connectivity index (χ0v) is 16.9. The van der Waals surface area contributed by atoms with Gasteiger partial charge in [0.1, 0.15) is 12.6 Å². The van der Waals surface area contributed by atoms with Crippen LogP contribution < -0.4 is 5.32 Å². The van der Waals surface area contributed by atoms with Crippen LogP contribution >= 0.6 is 15.9 Å². The van der Waals surface area contributed by atoms with Gasteiger partial charge in [-0.1, -0.05) is 28.1 Å². The molecule has 0 radical (unpaired) electrons. The summed E-state index contributed by atoms with van der Waals surface area (Å²) in [5, 5.41) is 3.00. The van der Waals surface area contributed by atoms with Crippen LogP contribution in [-0.2, 0) is 33.5 Å². The highest BCUT2D eigenvalue weighted by Gasteiger charge is 2.60. The maximum absolute atomic E-state index is 12.7. The molecule has 1 aromatic carbocycles. The SMILES string of the molecule is CC(=O)N[C@H]1CON(C2(C(=O)OCC(=O)c3ccc(Br)cc3)CCC(=O)O2)C1=O. The maximum atomic E-state index is 12.7. The lowest BCUT2D eigenvalue weighted by molar-refractivity contribution is -0.258. The second kappa shape index (κ2) is 8.29. The van der Waals surface area contributed by atoms with Crippen LogP contribution in [0.3, 0.4) is 0 Å². The number of halogens is 1. The number of nitrogens with one attached hydrogen (secondary N) is 1. The summed E-state index contributed by atoms with van der Waals surface area (Å²) < 4.78 is 11.0. The molecule has 3 rings (SSSR count). The second-order valence-corrected chi connectivity index (χ2v) is 7.36. The molecule has 0 spiro atoms. The highest BCUT2D eigenvalue weighted by Crippen LogP contribution is 2.35. The summed E-state index contributed by atoms with van der Waals surface area (Å²) in [6, 6.07) is 5.40. The lowest BCUT2D eigenvalue weighted by atomic mass is 10.1. The first-order chi connectivity index (χ1) is 13.7. The van der Waals surface area contributed by atoms with Crippen molar-refractivity contribution in [3.63, 3.8) is 0 Å². The molecule has 11 heteroatoms. The molecule has 0 aliphatic carbocycles. The van der Waals surface area contributed by atoms with Crippen molar-refractivity contribution in [2.45, 2.75) is 31.5 Å². The number of ketones is 1. The van der Waals surface area contributed by atoms with Gasteiger partial charge in [-0.25, -0.2) is 4.79 Å². The zero-order valence-electron chi connectivity index (χ0n) is 15.3. The molecule has 1 unspecified atom stereocenters. The minimum atomic E-state index is -2.14. The molecule has 2 heterocycles. The third kappa shape index (κ3) is 4.30. The topological polar surface area (TPSA) is 128 Å². The number of esters is 2. The van der Waals surface area contributed by atoms with Crippen molar-refractivity contribution in [3.05, 3.63) is 34.3 Å². The molecule has 2 aliphatic rings. The molecule has 2 atom stereocenters. The Morgan fingerprint density at radius 3 is 2.55 bits per heavy atom. The van der Waals surface area contributed by atoms with Gasteiger partial charge in [-0.05, 0) is 12.1 Å². The van der Waals surface area contributed by atoms with Crippen molar-refractivity contribution in [1.82, 2.24) is 10.4 Å². The molecule has 0 aromatic heterocycles. The summed E-state index contributed by atoms with van der Waals surface area (Å²) in [7, 11) is 0. The van der Waals surface area contributed by atoms with Crippen LogP contribution in [0.25, 0.3) is 0 Å². The van der Waals surface area contributed by atoms with E-state index in [0.717, 1.165) is 4.47 Å². The second-order valence-electron chi connectivity index (χ2n) is 6.45. The quantitative estimate of drug-likeness (QED) is 0.471. The first-order valence-electron chi connectivity index (χ1n) is 8.65. The first kappa shape index (κ1) is 20.9. The van der Waals surface area contributed by atoms with Crippen LogP contribution in [0.15, 0.2) is 28.7 Å². The largest absolute Gasteiger partial charge is 0.453 e. The third-order valence-electron chi connectivity index (χ3n) is 4.34. The number of ether oxygens (including phenoxy) is 2. The molecule has 2 fully saturated rings. The smallest absolute Gasteiger partial charge is 0.375 e. The number of cyclic esters (lactones) is 1. The molecule has 1 aromatic rings. The number of hydrogen-bond donors (Lipinski definition) is 1. The summed E-state index contributed by atoms with van der Waals surface area (Å²) in [5.74, 6) is -3.53. The molecule has 0 saturated carbocycles. The monoisotopic (exact) mass is 468 g/mol. The van der Waals surface area contributed by atoms with E-state index >= 15 is 0 Å². The molecule has 29 heavy (non-hydrogen) atoms. The Morgan fingerprint density at radius 2 is 1.97 bits per heavy atom. The number of Topliss-reactive ketones (excluding diaryl/α,β-unsaturated/α-hetero) is 1. The Balaban J connectivity index is 1.73. The molecule has 2 aliphatic heterocycles. The molecular formula is C18H17BrN2O8. The Bertz CT molecular complexity index is 871. The van der Waals surface area contributed by atoms with Gasteiger partial charge in [-0.15, -0.1) is 0 Å². The van der Waals surface area contributed by atoms with Crippen LogP contribution in [-0.4, -0.2) is 59.6 Å². The first-order valence-corrected chi connectivity index (χ1v) is 9.44. The average molecular weight is 469 g/mol. The summed E-state index contributed by atoms with van der Waals surface area (Å²) in [4.78, 5) is 65.7. The van der Waals surface area contributed by atoms with E-state index in [2.05, 4.69) is 21.2 Å². The van der Waals surface area contributed by atoms with Gasteiger partial charge in [0.05, 0.1) is 6.42 Å². The van der Waals surface area contributed by atoms with E-state index < -0.39 is 47.9 Å². The van der Waals surface area contributed by atoms with E-state index in [1.807, 2.05) is 0 Å². The number of hydroxylamine groups is 2. The fourth-order valence-corrected chi connectivity index (χ4v) is 3.22.